The van der Waals surface area contributed by atoms with Gasteiger partial charge < -0.3 is 20.1 Å². The molecule has 3 N–H and O–H groups in total. The molecule has 29 heavy (non-hydrogen) atoms. The van der Waals surface area contributed by atoms with Gasteiger partial charge in [0.25, 0.3) is 0 Å². The van der Waals surface area contributed by atoms with E-state index < -0.39 is 0 Å². The van der Waals surface area contributed by atoms with Crippen LogP contribution in [0.15, 0.2) is 23.6 Å². The Balaban J connectivity index is 1.49. The number of fused-ring (bicyclic) bond motifs is 3. The number of hydrogen-bond acceptors (Lipinski definition) is 5. The van der Waals surface area contributed by atoms with E-state index in [1.807, 2.05) is 12.4 Å². The van der Waals surface area contributed by atoms with E-state index in [2.05, 4.69) is 31.8 Å². The maximum absolute atomic E-state index is 9.02. The van der Waals surface area contributed by atoms with Gasteiger partial charge in [-0.15, -0.1) is 0 Å². The highest BCUT2D eigenvalue weighted by molar-refractivity contribution is 6.01. The van der Waals surface area contributed by atoms with Crippen molar-refractivity contribution in [1.82, 2.24) is 19.5 Å². The van der Waals surface area contributed by atoms with Crippen molar-refractivity contribution in [1.29, 1.82) is 5.26 Å². The first-order valence-corrected chi connectivity index (χ1v) is 10.4. The molecule has 0 radical (unpaired) electrons. The predicted molar refractivity (Wildman–Crippen MR) is 110 cm³/mol. The molecule has 5 rings (SSSR count). The number of aromatic nitrogens is 4. The third-order valence-corrected chi connectivity index (χ3v) is 6.23. The summed E-state index contributed by atoms with van der Waals surface area (Å²) in [6.45, 7) is 0.284. The van der Waals surface area contributed by atoms with Gasteiger partial charge in [0.2, 0.25) is 0 Å². The van der Waals surface area contributed by atoms with Crippen LogP contribution in [0, 0.1) is 23.2 Å². The van der Waals surface area contributed by atoms with E-state index >= 15 is 0 Å². The molecule has 3 heterocycles. The zero-order valence-electron chi connectivity index (χ0n) is 16.3. The Morgan fingerprint density at radius 2 is 2.14 bits per heavy atom. The summed E-state index contributed by atoms with van der Waals surface area (Å²) in [5.74, 6) is 2.32. The lowest BCUT2D eigenvalue weighted by Gasteiger charge is -2.29. The normalized spacial score (nSPS) is 22.8. The molecule has 0 unspecified atom stereocenters. The minimum absolute atomic E-state index is 0.284. The van der Waals surface area contributed by atoms with Gasteiger partial charge in [-0.2, -0.15) is 5.26 Å². The third-order valence-electron chi connectivity index (χ3n) is 6.23. The SMILES string of the molecule is N#CC[C@H]1CC[C@H](n2c(CO/N=C(\N)C3CC3)nc3cnc4[nH]ccc4c32)CC1. The molecule has 0 spiro atoms. The predicted octanol–water partition coefficient (Wildman–Crippen LogP) is 3.76. The molecule has 2 fully saturated rings. The second-order valence-corrected chi connectivity index (χ2v) is 8.23. The van der Waals surface area contributed by atoms with Crippen LogP contribution in [0.2, 0.25) is 0 Å². The maximum atomic E-state index is 9.02. The highest BCUT2D eigenvalue weighted by Crippen LogP contribution is 2.38. The fourth-order valence-corrected chi connectivity index (χ4v) is 4.49. The van der Waals surface area contributed by atoms with Crippen LogP contribution in [-0.4, -0.2) is 25.4 Å². The molecule has 0 saturated heterocycles. The van der Waals surface area contributed by atoms with Crippen LogP contribution in [0.3, 0.4) is 0 Å². The summed E-state index contributed by atoms with van der Waals surface area (Å²) in [5.41, 5.74) is 8.79. The lowest BCUT2D eigenvalue weighted by atomic mass is 9.84. The summed E-state index contributed by atoms with van der Waals surface area (Å²) < 4.78 is 2.32. The van der Waals surface area contributed by atoms with Gasteiger partial charge in [0.05, 0.1) is 17.8 Å². The number of amidine groups is 1. The van der Waals surface area contributed by atoms with Gasteiger partial charge in [0.15, 0.2) is 12.4 Å². The van der Waals surface area contributed by atoms with Crippen molar-refractivity contribution < 1.29 is 4.84 Å². The molecule has 0 aliphatic heterocycles. The molecular formula is C21H25N7O. The van der Waals surface area contributed by atoms with E-state index in [-0.39, 0.29) is 6.61 Å². The monoisotopic (exact) mass is 391 g/mol. The first kappa shape index (κ1) is 18.0. The van der Waals surface area contributed by atoms with E-state index in [0.717, 1.165) is 66.4 Å². The van der Waals surface area contributed by atoms with Crippen LogP contribution in [0.4, 0.5) is 0 Å². The van der Waals surface area contributed by atoms with E-state index in [9.17, 15) is 0 Å². The minimum Gasteiger partial charge on any atom is -0.386 e. The standard InChI is InChI=1S/C21H25N7O/c22-9-7-13-1-5-15(6-2-13)28-18(12-29-27-20(23)14-3-4-14)26-17-11-25-21-16(19(17)28)8-10-24-21/h8,10-11,13-15H,1-7,12H2,(H2,23,27)(H,24,25)/t13-,15-. The fraction of sp³-hybridized carbons (Fsp3) is 0.524. The number of nitriles is 1. The first-order valence-electron chi connectivity index (χ1n) is 10.4. The molecular weight excluding hydrogens is 366 g/mol. The molecule has 8 nitrogen and oxygen atoms in total. The van der Waals surface area contributed by atoms with Gasteiger partial charge in [0.1, 0.15) is 17.0 Å². The number of aromatic amines is 1. The van der Waals surface area contributed by atoms with Crippen molar-refractivity contribution in [2.24, 2.45) is 22.7 Å². The second kappa shape index (κ2) is 7.39. The van der Waals surface area contributed by atoms with Crippen molar-refractivity contribution in [3.8, 4) is 6.07 Å². The first-order chi connectivity index (χ1) is 14.2. The lowest BCUT2D eigenvalue weighted by Crippen LogP contribution is -2.20. The van der Waals surface area contributed by atoms with Crippen molar-refractivity contribution in [3.63, 3.8) is 0 Å². The Hall–Kier alpha value is -3.08. The van der Waals surface area contributed by atoms with Crippen molar-refractivity contribution in [3.05, 3.63) is 24.3 Å². The van der Waals surface area contributed by atoms with Crippen LogP contribution in [-0.2, 0) is 11.4 Å². The lowest BCUT2D eigenvalue weighted by molar-refractivity contribution is 0.118. The van der Waals surface area contributed by atoms with Gasteiger partial charge in [-0.3, -0.25) is 0 Å². The smallest absolute Gasteiger partial charge is 0.174 e. The summed E-state index contributed by atoms with van der Waals surface area (Å²) in [4.78, 5) is 18.1. The Kier molecular flexibility index (Phi) is 4.58. The van der Waals surface area contributed by atoms with Gasteiger partial charge >= 0.3 is 0 Å². The second-order valence-electron chi connectivity index (χ2n) is 8.23. The maximum Gasteiger partial charge on any atom is 0.174 e. The molecule has 0 atom stereocenters. The van der Waals surface area contributed by atoms with E-state index in [1.54, 1.807) is 0 Å². The number of oxime groups is 1. The van der Waals surface area contributed by atoms with Crippen molar-refractivity contribution in [2.45, 2.75) is 57.6 Å². The number of H-pyrrole nitrogens is 1. The molecule has 0 aromatic carbocycles. The quantitative estimate of drug-likeness (QED) is 0.377. The number of nitrogens with one attached hydrogen (secondary N) is 1. The number of pyridine rings is 1. The number of hydrogen-bond donors (Lipinski definition) is 2. The number of nitrogens with zero attached hydrogens (tertiary/aromatic N) is 5. The molecule has 3 aromatic heterocycles. The average Bonchev–Trinajstić information content (AvgIpc) is 3.36. The number of nitrogens with two attached hydrogens (primary N) is 1. The molecule has 0 amide bonds. The molecule has 150 valence electrons. The van der Waals surface area contributed by atoms with E-state index in [4.69, 9.17) is 20.8 Å². The Bertz CT molecular complexity index is 1090. The minimum atomic E-state index is 0.284. The Morgan fingerprint density at radius 1 is 1.31 bits per heavy atom. The third kappa shape index (κ3) is 3.41. The zero-order chi connectivity index (χ0) is 19.8. The number of imidazole rings is 1. The molecule has 2 saturated carbocycles. The van der Waals surface area contributed by atoms with Crippen LogP contribution in [0.25, 0.3) is 22.1 Å². The average molecular weight is 391 g/mol. The Labute approximate surface area is 168 Å². The summed E-state index contributed by atoms with van der Waals surface area (Å²) >= 11 is 0. The molecule has 2 aliphatic rings. The largest absolute Gasteiger partial charge is 0.386 e. The van der Waals surface area contributed by atoms with Gasteiger partial charge in [-0.25, -0.2) is 9.97 Å². The fourth-order valence-electron chi connectivity index (χ4n) is 4.49. The Morgan fingerprint density at radius 3 is 2.90 bits per heavy atom. The molecule has 8 heteroatoms. The zero-order valence-corrected chi connectivity index (χ0v) is 16.3. The van der Waals surface area contributed by atoms with Crippen LogP contribution in [0.1, 0.15) is 56.8 Å². The van der Waals surface area contributed by atoms with Crippen molar-refractivity contribution in [2.75, 3.05) is 0 Å². The highest BCUT2D eigenvalue weighted by Gasteiger charge is 2.28. The topological polar surface area (TPSA) is 118 Å². The van der Waals surface area contributed by atoms with E-state index in [1.165, 1.54) is 0 Å². The summed E-state index contributed by atoms with van der Waals surface area (Å²) in [6.07, 6.45) is 10.8. The molecule has 2 aliphatic carbocycles. The molecule has 3 aromatic rings. The summed E-state index contributed by atoms with van der Waals surface area (Å²) in [7, 11) is 0. The van der Waals surface area contributed by atoms with E-state index in [0.29, 0.717) is 30.1 Å². The van der Waals surface area contributed by atoms with Crippen LogP contribution in [0.5, 0.6) is 0 Å². The van der Waals surface area contributed by atoms with Gasteiger partial charge in [-0.05, 0) is 50.5 Å². The van der Waals surface area contributed by atoms with Gasteiger partial charge in [-0.1, -0.05) is 5.16 Å². The van der Waals surface area contributed by atoms with Crippen LogP contribution >= 0.6 is 0 Å². The highest BCUT2D eigenvalue weighted by atomic mass is 16.6. The summed E-state index contributed by atoms with van der Waals surface area (Å²) in [5, 5.41) is 14.2. The summed E-state index contributed by atoms with van der Waals surface area (Å²) in [6, 6.07) is 4.71. The van der Waals surface area contributed by atoms with Gasteiger partial charge in [0, 0.05) is 30.0 Å². The number of rotatable bonds is 6. The van der Waals surface area contributed by atoms with Crippen LogP contribution < -0.4 is 5.73 Å². The molecule has 0 bridgehead atoms. The van der Waals surface area contributed by atoms with Crippen molar-refractivity contribution >= 4 is 27.9 Å².